The predicted octanol–water partition coefficient (Wildman–Crippen LogP) is 1.97. The first-order valence-corrected chi connectivity index (χ1v) is 5.76. The molecule has 78 valence electrons. The van der Waals surface area contributed by atoms with Crippen LogP contribution in [0.4, 0.5) is 0 Å². The third-order valence-electron chi connectivity index (χ3n) is 2.72. The van der Waals surface area contributed by atoms with Gasteiger partial charge in [0.05, 0.1) is 13.2 Å². The fraction of sp³-hybridized carbons (Fsp3) is 1.00. The molecule has 0 aliphatic carbocycles. The molecule has 0 N–H and O–H groups in total. The molecule has 1 heterocycles. The first kappa shape index (κ1) is 11.3. The molecule has 0 aromatic heterocycles. The lowest BCUT2D eigenvalue weighted by molar-refractivity contribution is 0.122. The van der Waals surface area contributed by atoms with Crippen LogP contribution in [-0.4, -0.2) is 43.6 Å². The van der Waals surface area contributed by atoms with E-state index in [1.807, 2.05) is 0 Å². The highest BCUT2D eigenvalue weighted by Crippen LogP contribution is 2.18. The van der Waals surface area contributed by atoms with E-state index in [2.05, 4.69) is 11.8 Å². The van der Waals surface area contributed by atoms with Crippen LogP contribution in [0.1, 0.15) is 19.8 Å². The van der Waals surface area contributed by atoms with Gasteiger partial charge in [-0.1, -0.05) is 13.3 Å². The molecule has 2 nitrogen and oxygen atoms in total. The van der Waals surface area contributed by atoms with E-state index in [0.29, 0.717) is 12.5 Å². The summed E-state index contributed by atoms with van der Waals surface area (Å²) in [6.45, 7) is 7.39. The van der Waals surface area contributed by atoms with E-state index in [4.69, 9.17) is 16.3 Å². The van der Waals surface area contributed by atoms with Crippen molar-refractivity contribution < 1.29 is 4.74 Å². The SMILES string of the molecule is CCC1CCN(CCOCCCl)C1. The molecule has 0 amide bonds. The van der Waals surface area contributed by atoms with Crippen molar-refractivity contribution in [3.8, 4) is 0 Å². The highest BCUT2D eigenvalue weighted by Gasteiger charge is 2.19. The zero-order valence-corrected chi connectivity index (χ0v) is 9.22. The summed E-state index contributed by atoms with van der Waals surface area (Å²) < 4.78 is 5.34. The summed E-state index contributed by atoms with van der Waals surface area (Å²) in [7, 11) is 0. The van der Waals surface area contributed by atoms with Crippen LogP contribution in [0.3, 0.4) is 0 Å². The first-order valence-electron chi connectivity index (χ1n) is 5.23. The van der Waals surface area contributed by atoms with Crippen LogP contribution in [0.5, 0.6) is 0 Å². The first-order chi connectivity index (χ1) is 6.36. The van der Waals surface area contributed by atoms with Gasteiger partial charge in [-0.2, -0.15) is 0 Å². The molecule has 1 unspecified atom stereocenters. The second-order valence-electron chi connectivity index (χ2n) is 3.66. The molecule has 0 spiro atoms. The van der Waals surface area contributed by atoms with Gasteiger partial charge in [0.25, 0.3) is 0 Å². The highest BCUT2D eigenvalue weighted by atomic mass is 35.5. The molecule has 13 heavy (non-hydrogen) atoms. The van der Waals surface area contributed by atoms with E-state index in [1.165, 1.54) is 25.9 Å². The Morgan fingerprint density at radius 3 is 2.92 bits per heavy atom. The van der Waals surface area contributed by atoms with E-state index in [-0.39, 0.29) is 0 Å². The number of alkyl halides is 1. The number of hydrogen-bond acceptors (Lipinski definition) is 2. The Morgan fingerprint density at radius 1 is 1.46 bits per heavy atom. The maximum atomic E-state index is 5.50. The van der Waals surface area contributed by atoms with Crippen molar-refractivity contribution in [2.45, 2.75) is 19.8 Å². The fourth-order valence-electron chi connectivity index (χ4n) is 1.80. The van der Waals surface area contributed by atoms with E-state index < -0.39 is 0 Å². The maximum absolute atomic E-state index is 5.50. The van der Waals surface area contributed by atoms with Crippen molar-refractivity contribution in [3.05, 3.63) is 0 Å². The highest BCUT2D eigenvalue weighted by molar-refractivity contribution is 6.17. The molecule has 1 aliphatic heterocycles. The normalized spacial score (nSPS) is 24.0. The maximum Gasteiger partial charge on any atom is 0.0602 e. The van der Waals surface area contributed by atoms with E-state index >= 15 is 0 Å². The third-order valence-corrected chi connectivity index (χ3v) is 2.87. The quantitative estimate of drug-likeness (QED) is 0.486. The summed E-state index contributed by atoms with van der Waals surface area (Å²) in [4.78, 5) is 2.49. The molecule has 1 aliphatic rings. The molecule has 1 fully saturated rings. The predicted molar refractivity (Wildman–Crippen MR) is 56.4 cm³/mol. The monoisotopic (exact) mass is 205 g/mol. The van der Waals surface area contributed by atoms with Gasteiger partial charge in [0.1, 0.15) is 0 Å². The minimum absolute atomic E-state index is 0.609. The number of ether oxygens (including phenoxy) is 1. The van der Waals surface area contributed by atoms with Crippen LogP contribution < -0.4 is 0 Å². The minimum atomic E-state index is 0.609. The summed E-state index contributed by atoms with van der Waals surface area (Å²) in [5.74, 6) is 1.53. The van der Waals surface area contributed by atoms with Crippen molar-refractivity contribution in [2.75, 3.05) is 38.7 Å². The number of likely N-dealkylation sites (tertiary alicyclic amines) is 1. The largest absolute Gasteiger partial charge is 0.379 e. The van der Waals surface area contributed by atoms with Crippen LogP contribution in [0.2, 0.25) is 0 Å². The molecule has 0 bridgehead atoms. The summed E-state index contributed by atoms with van der Waals surface area (Å²) in [5, 5.41) is 0. The van der Waals surface area contributed by atoms with E-state index in [0.717, 1.165) is 19.1 Å². The Morgan fingerprint density at radius 2 is 2.31 bits per heavy atom. The molecule has 0 aromatic rings. The molecule has 3 heteroatoms. The summed E-state index contributed by atoms with van der Waals surface area (Å²) >= 11 is 5.50. The van der Waals surface area contributed by atoms with Gasteiger partial charge in [-0.3, -0.25) is 0 Å². The summed E-state index contributed by atoms with van der Waals surface area (Å²) in [5.41, 5.74) is 0. The average Bonchev–Trinajstić information content (AvgIpc) is 2.60. The lowest BCUT2D eigenvalue weighted by atomic mass is 10.1. The van der Waals surface area contributed by atoms with Crippen molar-refractivity contribution in [3.63, 3.8) is 0 Å². The van der Waals surface area contributed by atoms with Crippen LogP contribution in [-0.2, 0) is 4.74 Å². The summed E-state index contributed by atoms with van der Waals surface area (Å²) in [6.07, 6.45) is 2.69. The Labute approximate surface area is 86.2 Å². The van der Waals surface area contributed by atoms with Gasteiger partial charge >= 0.3 is 0 Å². The fourth-order valence-corrected chi connectivity index (χ4v) is 1.91. The van der Waals surface area contributed by atoms with Crippen molar-refractivity contribution in [2.24, 2.45) is 5.92 Å². The van der Waals surface area contributed by atoms with Gasteiger partial charge in [-0.15, -0.1) is 11.6 Å². The van der Waals surface area contributed by atoms with Gasteiger partial charge in [-0.05, 0) is 18.9 Å². The van der Waals surface area contributed by atoms with Crippen LogP contribution in [0.25, 0.3) is 0 Å². The van der Waals surface area contributed by atoms with E-state index in [1.54, 1.807) is 0 Å². The Bertz CT molecular complexity index is 132. The van der Waals surface area contributed by atoms with Crippen LogP contribution in [0.15, 0.2) is 0 Å². The Balaban J connectivity index is 1.97. The Hall–Kier alpha value is 0.210. The van der Waals surface area contributed by atoms with Gasteiger partial charge in [0, 0.05) is 19.0 Å². The number of rotatable bonds is 6. The van der Waals surface area contributed by atoms with Gasteiger partial charge in [-0.25, -0.2) is 0 Å². The molecule has 1 rings (SSSR count). The lowest BCUT2D eigenvalue weighted by Crippen LogP contribution is -2.25. The molecule has 1 saturated heterocycles. The number of nitrogens with zero attached hydrogens (tertiary/aromatic N) is 1. The van der Waals surface area contributed by atoms with Crippen molar-refractivity contribution >= 4 is 11.6 Å². The smallest absolute Gasteiger partial charge is 0.0602 e. The second-order valence-corrected chi connectivity index (χ2v) is 4.04. The minimum Gasteiger partial charge on any atom is -0.379 e. The molecule has 1 atom stereocenters. The van der Waals surface area contributed by atoms with Crippen LogP contribution in [0, 0.1) is 5.92 Å². The van der Waals surface area contributed by atoms with Crippen molar-refractivity contribution in [1.29, 1.82) is 0 Å². The van der Waals surface area contributed by atoms with Gasteiger partial charge in [0.2, 0.25) is 0 Å². The van der Waals surface area contributed by atoms with E-state index in [9.17, 15) is 0 Å². The number of hydrogen-bond donors (Lipinski definition) is 0. The summed E-state index contributed by atoms with van der Waals surface area (Å²) in [6, 6.07) is 0. The van der Waals surface area contributed by atoms with Gasteiger partial charge in [0.15, 0.2) is 0 Å². The standard InChI is InChI=1S/C10H20ClNO/c1-2-10-3-5-12(9-10)6-8-13-7-4-11/h10H,2-9H2,1H3. The zero-order valence-electron chi connectivity index (χ0n) is 8.47. The number of halogens is 1. The van der Waals surface area contributed by atoms with Crippen molar-refractivity contribution in [1.82, 2.24) is 4.90 Å². The van der Waals surface area contributed by atoms with Crippen LogP contribution >= 0.6 is 11.6 Å². The Kier molecular flexibility index (Phi) is 5.76. The molecular weight excluding hydrogens is 186 g/mol. The zero-order chi connectivity index (χ0) is 9.52. The molecule has 0 radical (unpaired) electrons. The second kappa shape index (κ2) is 6.63. The molecule has 0 aromatic carbocycles. The average molecular weight is 206 g/mol. The van der Waals surface area contributed by atoms with Gasteiger partial charge < -0.3 is 9.64 Å². The topological polar surface area (TPSA) is 12.5 Å². The molecule has 0 saturated carbocycles. The molecular formula is C10H20ClNO. The third kappa shape index (κ3) is 4.30. The lowest BCUT2D eigenvalue weighted by Gasteiger charge is -2.15.